The van der Waals surface area contributed by atoms with Gasteiger partial charge in [0, 0.05) is 0 Å². The third-order valence-corrected chi connectivity index (χ3v) is 4.74. The molecule has 0 bridgehead atoms. The maximum absolute atomic E-state index is 5.80. The highest BCUT2D eigenvalue weighted by Crippen LogP contribution is 2.10. The van der Waals surface area contributed by atoms with Crippen molar-refractivity contribution < 1.29 is 4.43 Å². The molecule has 0 spiro atoms. The lowest BCUT2D eigenvalue weighted by molar-refractivity contribution is 0.599. The SMILES string of the molecule is S[SiH](Oc1ccccc1)c1ccccc1. The molecule has 0 heterocycles. The summed E-state index contributed by atoms with van der Waals surface area (Å²) in [5.74, 6) is 0.896. The second kappa shape index (κ2) is 5.05. The van der Waals surface area contributed by atoms with Crippen LogP contribution in [0.2, 0.25) is 0 Å². The topological polar surface area (TPSA) is 9.23 Å². The summed E-state index contributed by atoms with van der Waals surface area (Å²) in [6, 6.07) is 20.0. The van der Waals surface area contributed by atoms with E-state index in [1.165, 1.54) is 5.19 Å². The van der Waals surface area contributed by atoms with E-state index < -0.39 is 8.19 Å². The number of hydrogen-bond donors (Lipinski definition) is 1. The first-order valence-electron chi connectivity index (χ1n) is 4.81. The lowest BCUT2D eigenvalue weighted by atomic mass is 10.3. The predicted molar refractivity (Wildman–Crippen MR) is 69.3 cm³/mol. The van der Waals surface area contributed by atoms with Crippen LogP contribution in [-0.4, -0.2) is 8.19 Å². The van der Waals surface area contributed by atoms with Crippen LogP contribution in [0, 0.1) is 0 Å². The monoisotopic (exact) mass is 232 g/mol. The fourth-order valence-electron chi connectivity index (χ4n) is 1.31. The highest BCUT2D eigenvalue weighted by atomic mass is 32.3. The molecule has 0 saturated carbocycles. The number of benzene rings is 2. The van der Waals surface area contributed by atoms with Crippen molar-refractivity contribution in [3.8, 4) is 5.75 Å². The van der Waals surface area contributed by atoms with Crippen LogP contribution in [0.5, 0.6) is 5.75 Å². The second-order valence-corrected chi connectivity index (χ2v) is 6.21. The average Bonchev–Trinajstić information content (AvgIpc) is 2.31. The fourth-order valence-corrected chi connectivity index (χ4v) is 3.30. The Morgan fingerprint density at radius 3 is 1.93 bits per heavy atom. The molecule has 15 heavy (non-hydrogen) atoms. The molecule has 1 unspecified atom stereocenters. The van der Waals surface area contributed by atoms with E-state index in [1.54, 1.807) is 0 Å². The third kappa shape index (κ3) is 2.88. The summed E-state index contributed by atoms with van der Waals surface area (Å²) < 4.78 is 5.80. The summed E-state index contributed by atoms with van der Waals surface area (Å²) >= 11 is 4.55. The van der Waals surface area contributed by atoms with E-state index in [-0.39, 0.29) is 0 Å². The van der Waals surface area contributed by atoms with Gasteiger partial charge in [-0.25, -0.2) is 0 Å². The van der Waals surface area contributed by atoms with E-state index in [0.29, 0.717) is 0 Å². The zero-order valence-electron chi connectivity index (χ0n) is 8.21. The van der Waals surface area contributed by atoms with Crippen LogP contribution in [0.1, 0.15) is 0 Å². The highest BCUT2D eigenvalue weighted by Gasteiger charge is 2.10. The number of thiol groups is 1. The molecule has 0 N–H and O–H groups in total. The van der Waals surface area contributed by atoms with Gasteiger partial charge in [0.05, 0.1) is 0 Å². The van der Waals surface area contributed by atoms with E-state index in [2.05, 4.69) is 24.2 Å². The Bertz CT molecular complexity index is 404. The molecule has 1 nitrogen and oxygen atoms in total. The number of para-hydroxylation sites is 1. The Balaban J connectivity index is 2.08. The quantitative estimate of drug-likeness (QED) is 0.630. The summed E-state index contributed by atoms with van der Waals surface area (Å²) in [6.07, 6.45) is 0. The van der Waals surface area contributed by atoms with E-state index in [1.807, 2.05) is 48.5 Å². The summed E-state index contributed by atoms with van der Waals surface area (Å²) in [5, 5.41) is 1.20. The second-order valence-electron chi connectivity index (χ2n) is 3.19. The molecule has 2 rings (SSSR count). The molecule has 0 aliphatic heterocycles. The molecule has 2 aromatic carbocycles. The van der Waals surface area contributed by atoms with Crippen molar-refractivity contribution in [2.75, 3.05) is 0 Å². The third-order valence-electron chi connectivity index (χ3n) is 2.08. The van der Waals surface area contributed by atoms with Gasteiger partial charge in [-0.2, -0.15) is 12.1 Å². The predicted octanol–water partition coefficient (Wildman–Crippen LogP) is 2.12. The van der Waals surface area contributed by atoms with Crippen molar-refractivity contribution in [3.63, 3.8) is 0 Å². The van der Waals surface area contributed by atoms with E-state index in [0.717, 1.165) is 5.75 Å². The van der Waals surface area contributed by atoms with Gasteiger partial charge in [0.2, 0.25) is 0 Å². The summed E-state index contributed by atoms with van der Waals surface area (Å²) in [4.78, 5) is 0. The molecule has 0 aliphatic rings. The van der Waals surface area contributed by atoms with Crippen LogP contribution in [0.4, 0.5) is 0 Å². The smallest absolute Gasteiger partial charge is 0.326 e. The molecule has 0 aliphatic carbocycles. The van der Waals surface area contributed by atoms with Gasteiger partial charge in [0.15, 0.2) is 0 Å². The fraction of sp³-hybridized carbons (Fsp3) is 0. The Kier molecular flexibility index (Phi) is 3.48. The van der Waals surface area contributed by atoms with Crippen LogP contribution >= 0.6 is 12.1 Å². The summed E-state index contributed by atoms with van der Waals surface area (Å²) in [6.45, 7) is 0. The Hall–Kier alpha value is -1.19. The first kappa shape index (κ1) is 10.3. The average molecular weight is 232 g/mol. The lowest BCUT2D eigenvalue weighted by Crippen LogP contribution is -2.30. The van der Waals surface area contributed by atoms with Gasteiger partial charge in [0.25, 0.3) is 0 Å². The molecule has 76 valence electrons. The Labute approximate surface area is 96.5 Å². The molecule has 0 radical (unpaired) electrons. The largest absolute Gasteiger partial charge is 0.532 e. The highest BCUT2D eigenvalue weighted by molar-refractivity contribution is 8.11. The lowest BCUT2D eigenvalue weighted by Gasteiger charge is -2.12. The van der Waals surface area contributed by atoms with Gasteiger partial charge in [-0.3, -0.25) is 0 Å². The normalized spacial score (nSPS) is 12.1. The van der Waals surface area contributed by atoms with Crippen LogP contribution in [0.3, 0.4) is 0 Å². The van der Waals surface area contributed by atoms with E-state index >= 15 is 0 Å². The van der Waals surface area contributed by atoms with Gasteiger partial charge in [-0.05, 0) is 17.3 Å². The minimum atomic E-state index is -1.59. The van der Waals surface area contributed by atoms with Gasteiger partial charge in [-0.15, -0.1) is 0 Å². The molecule has 0 amide bonds. The molecular weight excluding hydrogens is 220 g/mol. The van der Waals surface area contributed by atoms with Crippen molar-refractivity contribution in [1.82, 2.24) is 0 Å². The van der Waals surface area contributed by atoms with Gasteiger partial charge in [0.1, 0.15) is 5.75 Å². The molecule has 0 fully saturated rings. The van der Waals surface area contributed by atoms with Crippen molar-refractivity contribution in [3.05, 3.63) is 60.7 Å². The molecular formula is C12H12OSSi. The van der Waals surface area contributed by atoms with Gasteiger partial charge in [-0.1, -0.05) is 48.5 Å². The van der Waals surface area contributed by atoms with Crippen molar-refractivity contribution in [1.29, 1.82) is 0 Å². The zero-order chi connectivity index (χ0) is 10.5. The van der Waals surface area contributed by atoms with Gasteiger partial charge >= 0.3 is 8.19 Å². The Morgan fingerprint density at radius 2 is 1.33 bits per heavy atom. The molecule has 0 aromatic heterocycles. The molecule has 2 aromatic rings. The maximum Gasteiger partial charge on any atom is 0.326 e. The first-order valence-corrected chi connectivity index (χ1v) is 7.92. The van der Waals surface area contributed by atoms with E-state index in [4.69, 9.17) is 4.43 Å². The van der Waals surface area contributed by atoms with Crippen LogP contribution < -0.4 is 9.61 Å². The van der Waals surface area contributed by atoms with Crippen LogP contribution in [-0.2, 0) is 0 Å². The standard InChI is InChI=1S/C12H12OSSi/c14-15(12-9-5-2-6-10-12)13-11-7-3-1-4-8-11/h1-10,14-15H. The minimum absolute atomic E-state index is 0.896. The number of rotatable bonds is 3. The summed E-state index contributed by atoms with van der Waals surface area (Å²) in [7, 11) is -1.59. The Morgan fingerprint density at radius 1 is 0.800 bits per heavy atom. The maximum atomic E-state index is 5.80. The number of hydrogen-bond acceptors (Lipinski definition) is 2. The molecule has 3 heteroatoms. The summed E-state index contributed by atoms with van der Waals surface area (Å²) in [5.41, 5.74) is 0. The zero-order valence-corrected chi connectivity index (χ0v) is 10.3. The minimum Gasteiger partial charge on any atom is -0.532 e. The molecule has 1 atom stereocenters. The first-order chi connectivity index (χ1) is 7.36. The molecule has 0 saturated heterocycles. The van der Waals surface area contributed by atoms with E-state index in [9.17, 15) is 0 Å². The van der Waals surface area contributed by atoms with Crippen LogP contribution in [0.25, 0.3) is 0 Å². The van der Waals surface area contributed by atoms with Crippen LogP contribution in [0.15, 0.2) is 60.7 Å². The van der Waals surface area contributed by atoms with Crippen molar-refractivity contribution in [2.24, 2.45) is 0 Å². The van der Waals surface area contributed by atoms with Crippen molar-refractivity contribution >= 4 is 25.5 Å². The van der Waals surface area contributed by atoms with Gasteiger partial charge < -0.3 is 4.43 Å². The van der Waals surface area contributed by atoms with Crippen molar-refractivity contribution in [2.45, 2.75) is 0 Å².